The van der Waals surface area contributed by atoms with Crippen LogP contribution in [0.3, 0.4) is 0 Å². The van der Waals surface area contributed by atoms with E-state index in [0.717, 1.165) is 39.8 Å². The number of halogens is 4. The van der Waals surface area contributed by atoms with Gasteiger partial charge in [0.1, 0.15) is 0 Å². The number of benzene rings is 1. The zero-order valence-electron chi connectivity index (χ0n) is 16.2. The van der Waals surface area contributed by atoms with E-state index in [-0.39, 0.29) is 29.5 Å². The lowest BCUT2D eigenvalue weighted by Gasteiger charge is -2.12. The molecule has 2 rings (SSSR count). The summed E-state index contributed by atoms with van der Waals surface area (Å²) in [5, 5.41) is 9.88. The molecule has 3 N–H and O–H groups in total. The normalized spacial score (nSPS) is 11.6. The minimum Gasteiger partial charge on any atom is -0.355 e. The minimum atomic E-state index is -4.42. The summed E-state index contributed by atoms with van der Waals surface area (Å²) in [6, 6.07) is 4.10. The van der Waals surface area contributed by atoms with Gasteiger partial charge in [-0.15, -0.1) is 35.3 Å². The Labute approximate surface area is 188 Å². The molecule has 0 spiro atoms. The average Bonchev–Trinajstić information content (AvgIpc) is 2.97. The molecule has 0 radical (unpaired) electrons. The van der Waals surface area contributed by atoms with Crippen LogP contribution in [0.1, 0.15) is 31.5 Å². The molecule has 0 unspecified atom stereocenters. The Morgan fingerprint density at radius 2 is 1.72 bits per heavy atom. The number of amides is 1. The summed E-state index contributed by atoms with van der Waals surface area (Å²) >= 11 is 1.62. The van der Waals surface area contributed by atoms with Crippen LogP contribution in [0.25, 0.3) is 0 Å². The van der Waals surface area contributed by atoms with Crippen molar-refractivity contribution in [2.75, 3.05) is 20.1 Å². The zero-order valence-corrected chi connectivity index (χ0v) is 19.3. The monoisotopic (exact) mass is 541 g/mol. The largest absolute Gasteiger partial charge is 0.416 e. The number of carbonyl (C=O) groups excluding carboxylic acids is 1. The van der Waals surface area contributed by atoms with Crippen molar-refractivity contribution < 1.29 is 18.0 Å². The van der Waals surface area contributed by atoms with E-state index in [2.05, 4.69) is 25.9 Å². The number of aryl methyl sites for hydroxylation is 2. The first kappa shape index (κ1) is 25.1. The Kier molecular flexibility index (Phi) is 9.83. The molecule has 1 aromatic carbocycles. The topological polar surface area (TPSA) is 78.4 Å². The summed E-state index contributed by atoms with van der Waals surface area (Å²) in [5.41, 5.74) is 0.368. The minimum absolute atomic E-state index is 0. The van der Waals surface area contributed by atoms with Crippen molar-refractivity contribution in [2.24, 2.45) is 4.99 Å². The molecule has 0 aliphatic carbocycles. The predicted octanol–water partition coefficient (Wildman–Crippen LogP) is 3.49. The molecule has 1 aromatic heterocycles. The number of thiazole rings is 1. The third-order valence-electron chi connectivity index (χ3n) is 3.82. The number of aromatic nitrogens is 1. The lowest BCUT2D eigenvalue weighted by molar-refractivity contribution is -0.137. The molecule has 0 saturated carbocycles. The Morgan fingerprint density at radius 3 is 2.24 bits per heavy atom. The fourth-order valence-electron chi connectivity index (χ4n) is 2.39. The molecule has 1 amide bonds. The number of hydrogen-bond acceptors (Lipinski definition) is 4. The molecule has 0 fully saturated rings. The standard InChI is InChI=1S/C18H22F3N5OS.HI/c1-11-15(28-12(2)26-11)10-25-17(22-3)24-9-8-23-16(27)13-4-6-14(7-5-13)18(19,20)21;/h4-7H,8-10H2,1-3H3,(H,23,27)(H2,22,24,25);1H. The van der Waals surface area contributed by atoms with E-state index < -0.39 is 17.6 Å². The number of alkyl halides is 3. The Balaban J connectivity index is 0.00000420. The third kappa shape index (κ3) is 7.80. The van der Waals surface area contributed by atoms with Crippen molar-refractivity contribution in [1.29, 1.82) is 0 Å². The summed E-state index contributed by atoms with van der Waals surface area (Å²) in [5.74, 6) is 0.142. The second kappa shape index (κ2) is 11.3. The predicted molar refractivity (Wildman–Crippen MR) is 119 cm³/mol. The Morgan fingerprint density at radius 1 is 1.10 bits per heavy atom. The molecule has 6 nitrogen and oxygen atoms in total. The van der Waals surface area contributed by atoms with E-state index >= 15 is 0 Å². The molecule has 2 aromatic rings. The summed E-state index contributed by atoms with van der Waals surface area (Å²) in [7, 11) is 1.64. The van der Waals surface area contributed by atoms with Gasteiger partial charge >= 0.3 is 6.18 Å². The van der Waals surface area contributed by atoms with Gasteiger partial charge in [-0.05, 0) is 38.1 Å². The van der Waals surface area contributed by atoms with Crippen LogP contribution in [0.5, 0.6) is 0 Å². The van der Waals surface area contributed by atoms with Gasteiger partial charge in [0, 0.05) is 30.6 Å². The van der Waals surface area contributed by atoms with Crippen molar-refractivity contribution in [3.05, 3.63) is 51.0 Å². The van der Waals surface area contributed by atoms with Crippen LogP contribution in [0.15, 0.2) is 29.3 Å². The second-order valence-electron chi connectivity index (χ2n) is 5.93. The first-order chi connectivity index (χ1) is 13.2. The van der Waals surface area contributed by atoms with E-state index in [1.165, 1.54) is 0 Å². The van der Waals surface area contributed by atoms with Crippen molar-refractivity contribution in [2.45, 2.75) is 26.6 Å². The third-order valence-corrected chi connectivity index (χ3v) is 4.89. The SMILES string of the molecule is CN=C(NCCNC(=O)c1ccc(C(F)(F)F)cc1)NCc1sc(C)nc1C.I. The molecule has 0 bridgehead atoms. The van der Waals surface area contributed by atoms with E-state index in [1.54, 1.807) is 18.4 Å². The molecular weight excluding hydrogens is 518 g/mol. The van der Waals surface area contributed by atoms with Crippen LogP contribution in [0.4, 0.5) is 13.2 Å². The lowest BCUT2D eigenvalue weighted by atomic mass is 10.1. The summed E-state index contributed by atoms with van der Waals surface area (Å²) in [6.07, 6.45) is -4.42. The van der Waals surface area contributed by atoms with Gasteiger partial charge in [-0.2, -0.15) is 13.2 Å². The van der Waals surface area contributed by atoms with Crippen LogP contribution in [0, 0.1) is 13.8 Å². The highest BCUT2D eigenvalue weighted by Gasteiger charge is 2.30. The van der Waals surface area contributed by atoms with Gasteiger partial charge in [0.15, 0.2) is 5.96 Å². The molecule has 0 atom stereocenters. The Bertz CT molecular complexity index is 837. The number of aliphatic imine (C=N–C) groups is 1. The van der Waals surface area contributed by atoms with Gasteiger partial charge in [0.2, 0.25) is 0 Å². The molecule has 11 heteroatoms. The van der Waals surface area contributed by atoms with Gasteiger partial charge in [-0.1, -0.05) is 0 Å². The average molecular weight is 541 g/mol. The van der Waals surface area contributed by atoms with E-state index in [9.17, 15) is 18.0 Å². The first-order valence-electron chi connectivity index (χ1n) is 8.53. The quantitative estimate of drug-likeness (QED) is 0.227. The van der Waals surface area contributed by atoms with E-state index in [4.69, 9.17) is 0 Å². The van der Waals surface area contributed by atoms with Gasteiger partial charge < -0.3 is 16.0 Å². The van der Waals surface area contributed by atoms with Gasteiger partial charge in [-0.25, -0.2) is 4.98 Å². The molecular formula is C18H23F3IN5OS. The van der Waals surface area contributed by atoms with E-state index in [1.807, 2.05) is 13.8 Å². The maximum atomic E-state index is 12.5. The highest BCUT2D eigenvalue weighted by molar-refractivity contribution is 14.0. The van der Waals surface area contributed by atoms with Crippen molar-refractivity contribution in [1.82, 2.24) is 20.9 Å². The fourth-order valence-corrected chi connectivity index (χ4v) is 3.27. The van der Waals surface area contributed by atoms with Gasteiger partial charge in [-0.3, -0.25) is 9.79 Å². The molecule has 29 heavy (non-hydrogen) atoms. The van der Waals surface area contributed by atoms with E-state index in [0.29, 0.717) is 25.6 Å². The molecule has 0 saturated heterocycles. The second-order valence-corrected chi connectivity index (χ2v) is 7.21. The highest BCUT2D eigenvalue weighted by atomic mass is 127. The maximum Gasteiger partial charge on any atom is 0.416 e. The van der Waals surface area contributed by atoms with Crippen LogP contribution < -0.4 is 16.0 Å². The van der Waals surface area contributed by atoms with Crippen molar-refractivity contribution in [3.63, 3.8) is 0 Å². The molecule has 1 heterocycles. The Hall–Kier alpha value is -1.89. The van der Waals surface area contributed by atoms with Crippen LogP contribution >= 0.6 is 35.3 Å². The molecule has 160 valence electrons. The molecule has 0 aliphatic heterocycles. The maximum absolute atomic E-state index is 12.5. The molecule has 0 aliphatic rings. The fraction of sp³-hybridized carbons (Fsp3) is 0.389. The smallest absolute Gasteiger partial charge is 0.355 e. The van der Waals surface area contributed by atoms with Crippen LogP contribution in [-0.2, 0) is 12.7 Å². The highest BCUT2D eigenvalue weighted by Crippen LogP contribution is 2.29. The summed E-state index contributed by atoms with van der Waals surface area (Å²) in [6.45, 7) is 5.20. The number of guanidine groups is 1. The number of nitrogens with zero attached hydrogens (tertiary/aromatic N) is 2. The lowest BCUT2D eigenvalue weighted by Crippen LogP contribution is -2.41. The first-order valence-corrected chi connectivity index (χ1v) is 9.35. The van der Waals surface area contributed by atoms with Gasteiger partial charge in [0.25, 0.3) is 5.91 Å². The van der Waals surface area contributed by atoms with Crippen LogP contribution in [0.2, 0.25) is 0 Å². The summed E-state index contributed by atoms with van der Waals surface area (Å²) < 4.78 is 37.6. The zero-order chi connectivity index (χ0) is 20.7. The van der Waals surface area contributed by atoms with Crippen molar-refractivity contribution in [3.8, 4) is 0 Å². The summed E-state index contributed by atoms with van der Waals surface area (Å²) in [4.78, 5) is 21.6. The number of carbonyl (C=O) groups is 1. The number of rotatable bonds is 6. The van der Waals surface area contributed by atoms with Crippen LogP contribution in [-0.4, -0.2) is 37.0 Å². The van der Waals surface area contributed by atoms with Crippen molar-refractivity contribution >= 4 is 47.2 Å². The number of hydrogen-bond donors (Lipinski definition) is 3. The number of nitrogens with one attached hydrogen (secondary N) is 3. The van der Waals surface area contributed by atoms with Gasteiger partial charge in [0.05, 0.1) is 22.8 Å².